The first-order valence-corrected chi connectivity index (χ1v) is 6.06. The largest absolute Gasteiger partial charge is 0.378 e. The van der Waals surface area contributed by atoms with Crippen LogP contribution < -0.4 is 10.6 Å². The Bertz CT molecular complexity index is 416. The molecule has 1 aromatic rings. The molecule has 2 rings (SSSR count). The lowest BCUT2D eigenvalue weighted by molar-refractivity contribution is -0.120. The van der Waals surface area contributed by atoms with Crippen LogP contribution in [0.5, 0.6) is 0 Å². The van der Waals surface area contributed by atoms with Gasteiger partial charge in [0.15, 0.2) is 5.82 Å². The maximum atomic E-state index is 11.9. The van der Waals surface area contributed by atoms with E-state index in [9.17, 15) is 4.79 Å². The standard InChI is InChI=1S/C12H19N3O3/c1-12(2,3)9-6-10(15-18-9)14-11(16)8-7-17-5-4-13-8/h6,8,13H,4-5,7H2,1-3H3,(H,14,15,16). The van der Waals surface area contributed by atoms with E-state index >= 15 is 0 Å². The number of rotatable bonds is 2. The number of morpholine rings is 1. The zero-order valence-electron chi connectivity index (χ0n) is 10.9. The van der Waals surface area contributed by atoms with Gasteiger partial charge in [0.1, 0.15) is 11.8 Å². The summed E-state index contributed by atoms with van der Waals surface area (Å²) in [7, 11) is 0. The molecule has 0 aliphatic carbocycles. The van der Waals surface area contributed by atoms with Crippen LogP contribution in [0, 0.1) is 0 Å². The summed E-state index contributed by atoms with van der Waals surface area (Å²) in [6.45, 7) is 7.78. The van der Waals surface area contributed by atoms with Crippen LogP contribution in [0.4, 0.5) is 5.82 Å². The number of hydrogen-bond acceptors (Lipinski definition) is 5. The lowest BCUT2D eigenvalue weighted by atomic mass is 9.93. The molecule has 6 heteroatoms. The molecule has 100 valence electrons. The van der Waals surface area contributed by atoms with Gasteiger partial charge in [-0.15, -0.1) is 0 Å². The molecule has 1 fully saturated rings. The molecule has 0 aromatic carbocycles. The van der Waals surface area contributed by atoms with Gasteiger partial charge in [-0.25, -0.2) is 0 Å². The summed E-state index contributed by atoms with van der Waals surface area (Å²) in [5, 5.41) is 9.64. The minimum Gasteiger partial charge on any atom is -0.378 e. The Kier molecular flexibility index (Phi) is 3.68. The highest BCUT2D eigenvalue weighted by Gasteiger charge is 2.24. The molecule has 0 radical (unpaired) electrons. The molecule has 1 aliphatic heterocycles. The lowest BCUT2D eigenvalue weighted by Crippen LogP contribution is -2.48. The normalized spacial score (nSPS) is 20.7. The van der Waals surface area contributed by atoms with E-state index in [1.54, 1.807) is 6.07 Å². The highest BCUT2D eigenvalue weighted by atomic mass is 16.5. The molecule has 0 spiro atoms. The van der Waals surface area contributed by atoms with Gasteiger partial charge in [0.25, 0.3) is 0 Å². The van der Waals surface area contributed by atoms with Crippen molar-refractivity contribution in [1.82, 2.24) is 10.5 Å². The van der Waals surface area contributed by atoms with E-state index in [1.165, 1.54) is 0 Å². The minimum atomic E-state index is -0.325. The number of aromatic nitrogens is 1. The molecule has 1 atom stereocenters. The first-order valence-electron chi connectivity index (χ1n) is 6.06. The fourth-order valence-electron chi connectivity index (χ4n) is 1.63. The number of anilines is 1. The average molecular weight is 253 g/mol. The second kappa shape index (κ2) is 5.07. The van der Waals surface area contributed by atoms with E-state index < -0.39 is 0 Å². The molecule has 2 heterocycles. The van der Waals surface area contributed by atoms with Gasteiger partial charge in [-0.05, 0) is 0 Å². The van der Waals surface area contributed by atoms with Gasteiger partial charge in [0.05, 0.1) is 13.2 Å². The van der Waals surface area contributed by atoms with Gasteiger partial charge in [-0.3, -0.25) is 4.79 Å². The third kappa shape index (κ3) is 3.08. The fraction of sp³-hybridized carbons (Fsp3) is 0.667. The van der Waals surface area contributed by atoms with Crippen molar-refractivity contribution in [2.24, 2.45) is 0 Å². The van der Waals surface area contributed by atoms with Crippen molar-refractivity contribution in [2.75, 3.05) is 25.1 Å². The molecule has 1 amide bonds. The summed E-state index contributed by atoms with van der Waals surface area (Å²) < 4.78 is 10.4. The van der Waals surface area contributed by atoms with Crippen LogP contribution in [0.3, 0.4) is 0 Å². The van der Waals surface area contributed by atoms with Crippen molar-refractivity contribution in [3.8, 4) is 0 Å². The first kappa shape index (κ1) is 13.0. The van der Waals surface area contributed by atoms with Crippen molar-refractivity contribution in [1.29, 1.82) is 0 Å². The maximum absolute atomic E-state index is 11.9. The Labute approximate surface area is 106 Å². The Balaban J connectivity index is 1.96. The first-order chi connectivity index (χ1) is 8.47. The van der Waals surface area contributed by atoms with Crippen molar-refractivity contribution >= 4 is 11.7 Å². The Morgan fingerprint density at radius 2 is 2.33 bits per heavy atom. The van der Waals surface area contributed by atoms with E-state index in [-0.39, 0.29) is 17.4 Å². The zero-order valence-corrected chi connectivity index (χ0v) is 10.9. The molecule has 1 saturated heterocycles. The topological polar surface area (TPSA) is 76.4 Å². The monoisotopic (exact) mass is 253 g/mol. The molecule has 6 nitrogen and oxygen atoms in total. The van der Waals surface area contributed by atoms with Crippen LogP contribution in [-0.4, -0.2) is 36.9 Å². The summed E-state index contributed by atoms with van der Waals surface area (Å²) in [5.74, 6) is 1.03. The fourth-order valence-corrected chi connectivity index (χ4v) is 1.63. The minimum absolute atomic E-state index is 0.123. The van der Waals surface area contributed by atoms with Crippen LogP contribution >= 0.6 is 0 Å². The molecular weight excluding hydrogens is 234 g/mol. The number of nitrogens with zero attached hydrogens (tertiary/aromatic N) is 1. The number of hydrogen-bond donors (Lipinski definition) is 2. The molecule has 1 unspecified atom stereocenters. The van der Waals surface area contributed by atoms with Crippen LogP contribution in [0.15, 0.2) is 10.6 Å². The summed E-state index contributed by atoms with van der Waals surface area (Å²) >= 11 is 0. The van der Waals surface area contributed by atoms with E-state index in [1.807, 2.05) is 20.8 Å². The Morgan fingerprint density at radius 1 is 1.56 bits per heavy atom. The van der Waals surface area contributed by atoms with Crippen molar-refractivity contribution in [3.63, 3.8) is 0 Å². The highest BCUT2D eigenvalue weighted by molar-refractivity contribution is 5.94. The SMILES string of the molecule is CC(C)(C)c1cc(NC(=O)C2COCCN2)no1. The Morgan fingerprint density at radius 3 is 2.89 bits per heavy atom. The van der Waals surface area contributed by atoms with Gasteiger partial charge in [0, 0.05) is 18.0 Å². The molecule has 18 heavy (non-hydrogen) atoms. The van der Waals surface area contributed by atoms with E-state index in [0.29, 0.717) is 25.6 Å². The average Bonchev–Trinajstić information content (AvgIpc) is 2.78. The molecule has 0 bridgehead atoms. The predicted molar refractivity (Wildman–Crippen MR) is 66.4 cm³/mol. The van der Waals surface area contributed by atoms with Crippen molar-refractivity contribution in [2.45, 2.75) is 32.2 Å². The van der Waals surface area contributed by atoms with Crippen LogP contribution in [0.1, 0.15) is 26.5 Å². The number of amides is 1. The zero-order chi connectivity index (χ0) is 13.2. The molecule has 1 aromatic heterocycles. The lowest BCUT2D eigenvalue weighted by Gasteiger charge is -2.22. The number of carbonyl (C=O) groups is 1. The second-order valence-electron chi connectivity index (χ2n) is 5.40. The van der Waals surface area contributed by atoms with E-state index in [4.69, 9.17) is 9.26 Å². The Hall–Kier alpha value is -1.40. The summed E-state index contributed by atoms with van der Waals surface area (Å²) in [4.78, 5) is 11.9. The quantitative estimate of drug-likeness (QED) is 0.819. The van der Waals surface area contributed by atoms with Gasteiger partial charge < -0.3 is 19.9 Å². The van der Waals surface area contributed by atoms with E-state index in [2.05, 4.69) is 15.8 Å². The smallest absolute Gasteiger partial charge is 0.245 e. The molecule has 0 saturated carbocycles. The summed E-state index contributed by atoms with van der Waals surface area (Å²) in [5.41, 5.74) is -0.123. The third-order valence-electron chi connectivity index (χ3n) is 2.74. The summed E-state index contributed by atoms with van der Waals surface area (Å²) in [6, 6.07) is 1.43. The van der Waals surface area contributed by atoms with Crippen LogP contribution in [-0.2, 0) is 14.9 Å². The van der Waals surface area contributed by atoms with Gasteiger partial charge >= 0.3 is 0 Å². The number of ether oxygens (including phenoxy) is 1. The van der Waals surface area contributed by atoms with E-state index in [0.717, 1.165) is 5.76 Å². The van der Waals surface area contributed by atoms with Gasteiger partial charge in [-0.2, -0.15) is 0 Å². The van der Waals surface area contributed by atoms with Crippen molar-refractivity contribution < 1.29 is 14.1 Å². The molecule has 2 N–H and O–H groups in total. The maximum Gasteiger partial charge on any atom is 0.245 e. The summed E-state index contributed by atoms with van der Waals surface area (Å²) in [6.07, 6.45) is 0. The predicted octanol–water partition coefficient (Wildman–Crippen LogP) is 0.899. The highest BCUT2D eigenvalue weighted by Crippen LogP contribution is 2.24. The molecule has 1 aliphatic rings. The van der Waals surface area contributed by atoms with Gasteiger partial charge in [-0.1, -0.05) is 25.9 Å². The van der Waals surface area contributed by atoms with Crippen molar-refractivity contribution in [3.05, 3.63) is 11.8 Å². The number of carbonyl (C=O) groups excluding carboxylic acids is 1. The van der Waals surface area contributed by atoms with Crippen LogP contribution in [0.2, 0.25) is 0 Å². The third-order valence-corrected chi connectivity index (χ3v) is 2.74. The van der Waals surface area contributed by atoms with Gasteiger partial charge in [0.2, 0.25) is 5.91 Å². The number of nitrogens with one attached hydrogen (secondary N) is 2. The molecular formula is C12H19N3O3. The van der Waals surface area contributed by atoms with Crippen LogP contribution in [0.25, 0.3) is 0 Å². The second-order valence-corrected chi connectivity index (χ2v) is 5.40.